The number of hydrogen-bond acceptors (Lipinski definition) is 5. The van der Waals surface area contributed by atoms with Crippen molar-refractivity contribution in [2.45, 2.75) is 12.6 Å². The van der Waals surface area contributed by atoms with Crippen molar-refractivity contribution in [3.8, 4) is 22.4 Å². The number of nitrogens with zero attached hydrogens (tertiary/aromatic N) is 2. The Labute approximate surface area is 217 Å². The van der Waals surface area contributed by atoms with Crippen LogP contribution in [0.4, 0.5) is 0 Å². The second-order valence-electron chi connectivity index (χ2n) is 8.03. The van der Waals surface area contributed by atoms with Crippen molar-refractivity contribution in [3.05, 3.63) is 100 Å². The highest BCUT2D eigenvalue weighted by Crippen LogP contribution is 2.26. The lowest BCUT2D eigenvalue weighted by Gasteiger charge is -2.24. The molecule has 1 heterocycles. The lowest BCUT2D eigenvalue weighted by molar-refractivity contribution is -0.148. The zero-order chi connectivity index (χ0) is 25.7. The summed E-state index contributed by atoms with van der Waals surface area (Å²) >= 11 is 12.3. The van der Waals surface area contributed by atoms with Crippen LogP contribution in [0.2, 0.25) is 10.0 Å². The number of hydrazine groups is 1. The van der Waals surface area contributed by atoms with Crippen molar-refractivity contribution in [3.63, 3.8) is 0 Å². The molecule has 184 valence electrons. The van der Waals surface area contributed by atoms with Crippen LogP contribution >= 0.6 is 23.2 Å². The Kier molecular flexibility index (Phi) is 8.02. The van der Waals surface area contributed by atoms with Crippen molar-refractivity contribution in [1.29, 1.82) is 0 Å². The zero-order valence-electron chi connectivity index (χ0n) is 18.9. The van der Waals surface area contributed by atoms with Gasteiger partial charge in [0.1, 0.15) is 5.69 Å². The summed E-state index contributed by atoms with van der Waals surface area (Å²) in [6.45, 7) is -0.181. The number of nitrogens with one attached hydrogen (secondary N) is 2. The molecular weight excluding hydrogens is 503 g/mol. The summed E-state index contributed by atoms with van der Waals surface area (Å²) in [4.78, 5) is 24.1. The van der Waals surface area contributed by atoms with Gasteiger partial charge in [-0.25, -0.2) is 9.80 Å². The highest BCUT2D eigenvalue weighted by atomic mass is 35.5. The third-order valence-electron chi connectivity index (χ3n) is 5.40. The molecule has 1 amide bonds. The van der Waals surface area contributed by atoms with Crippen LogP contribution in [0.3, 0.4) is 0 Å². The van der Waals surface area contributed by atoms with E-state index in [9.17, 15) is 14.7 Å². The fourth-order valence-electron chi connectivity index (χ4n) is 3.58. The van der Waals surface area contributed by atoms with Crippen LogP contribution < -0.4 is 5.43 Å². The third-order valence-corrected chi connectivity index (χ3v) is 5.96. The van der Waals surface area contributed by atoms with Crippen LogP contribution in [0, 0.1) is 0 Å². The van der Waals surface area contributed by atoms with Gasteiger partial charge < -0.3 is 10.2 Å². The molecule has 0 aliphatic rings. The minimum atomic E-state index is -1.70. The van der Waals surface area contributed by atoms with E-state index in [2.05, 4.69) is 15.6 Å². The Morgan fingerprint density at radius 3 is 2.42 bits per heavy atom. The number of carboxylic acids is 1. The summed E-state index contributed by atoms with van der Waals surface area (Å²) in [5.74, 6) is -1.94. The van der Waals surface area contributed by atoms with Crippen molar-refractivity contribution in [2.24, 2.45) is 0 Å². The molecule has 1 aromatic heterocycles. The maximum atomic E-state index is 12.9. The quantitative estimate of drug-likeness (QED) is 0.237. The molecule has 36 heavy (non-hydrogen) atoms. The van der Waals surface area contributed by atoms with Gasteiger partial charge >= 0.3 is 5.97 Å². The zero-order valence-corrected chi connectivity index (χ0v) is 20.4. The smallest absolute Gasteiger partial charge is 0.333 e. The fourth-order valence-corrected chi connectivity index (χ4v) is 4.00. The molecule has 0 unspecified atom stereocenters. The van der Waals surface area contributed by atoms with Gasteiger partial charge in [-0.15, -0.1) is 0 Å². The largest absolute Gasteiger partial charge is 0.479 e. The number of benzene rings is 3. The highest BCUT2D eigenvalue weighted by molar-refractivity contribution is 6.33. The number of aromatic nitrogens is 2. The van der Waals surface area contributed by atoms with Gasteiger partial charge in [-0.05, 0) is 41.0 Å². The minimum absolute atomic E-state index is 0.149. The first-order valence-electron chi connectivity index (χ1n) is 10.9. The molecule has 4 aromatic rings. The average molecular weight is 525 g/mol. The Bertz CT molecular complexity index is 1370. The van der Waals surface area contributed by atoms with Crippen molar-refractivity contribution in [1.82, 2.24) is 20.6 Å². The molecule has 0 saturated heterocycles. The number of rotatable bonds is 9. The Hall–Kier alpha value is -3.69. The molecule has 0 aliphatic heterocycles. The Morgan fingerprint density at radius 1 is 0.972 bits per heavy atom. The Morgan fingerprint density at radius 2 is 1.72 bits per heavy atom. The number of amides is 1. The van der Waals surface area contributed by atoms with Crippen LogP contribution in [-0.4, -0.2) is 49.9 Å². The standard InChI is InChI=1S/C26H22Cl2N4O4/c27-19-5-3-4-18(12-19)17-10-8-16(9-11-17)14-32(15-24(33)26(35)36)31-25(34)23-13-22(29-30-23)20-6-1-2-7-21(20)28/h1-13,24,33H,14-15H2,(H,29,30)(H,31,34)(H,35,36)/t24-/m1/s1. The molecule has 0 spiro atoms. The number of hydrogen-bond donors (Lipinski definition) is 4. The predicted molar refractivity (Wildman–Crippen MR) is 137 cm³/mol. The van der Waals surface area contributed by atoms with Gasteiger partial charge in [0.15, 0.2) is 6.10 Å². The van der Waals surface area contributed by atoms with Gasteiger partial charge in [0.2, 0.25) is 0 Å². The summed E-state index contributed by atoms with van der Waals surface area (Å²) in [5, 5.41) is 28.4. The number of aliphatic carboxylic acids is 1. The molecule has 0 aliphatic carbocycles. The van der Waals surface area contributed by atoms with E-state index in [4.69, 9.17) is 28.3 Å². The highest BCUT2D eigenvalue weighted by Gasteiger charge is 2.21. The molecule has 3 aromatic carbocycles. The van der Waals surface area contributed by atoms with E-state index in [1.54, 1.807) is 30.3 Å². The van der Waals surface area contributed by atoms with Crippen LogP contribution in [0.15, 0.2) is 78.9 Å². The van der Waals surface area contributed by atoms with E-state index in [1.165, 1.54) is 5.01 Å². The first-order chi connectivity index (χ1) is 17.3. The lowest BCUT2D eigenvalue weighted by atomic mass is 10.0. The number of carboxylic acid groups (broad SMARTS) is 1. The fraction of sp³-hybridized carbons (Fsp3) is 0.115. The van der Waals surface area contributed by atoms with E-state index in [0.29, 0.717) is 21.3 Å². The molecule has 0 radical (unpaired) electrons. The number of H-pyrrole nitrogens is 1. The van der Waals surface area contributed by atoms with Gasteiger partial charge in [0.05, 0.1) is 17.3 Å². The van der Waals surface area contributed by atoms with Crippen molar-refractivity contribution >= 4 is 35.1 Å². The monoisotopic (exact) mass is 524 g/mol. The van der Waals surface area contributed by atoms with Gasteiger partial charge in [-0.2, -0.15) is 5.10 Å². The molecule has 10 heteroatoms. The molecule has 0 bridgehead atoms. The molecule has 8 nitrogen and oxygen atoms in total. The van der Waals surface area contributed by atoms with E-state index in [0.717, 1.165) is 16.7 Å². The summed E-state index contributed by atoms with van der Waals surface area (Å²) in [5.41, 5.74) is 6.64. The van der Waals surface area contributed by atoms with Crippen molar-refractivity contribution < 1.29 is 19.8 Å². The van der Waals surface area contributed by atoms with Gasteiger partial charge in [-0.1, -0.05) is 77.8 Å². The number of carbonyl (C=O) groups excluding carboxylic acids is 1. The number of halogens is 2. The first-order valence-corrected chi connectivity index (χ1v) is 11.7. The van der Waals surface area contributed by atoms with Crippen LogP contribution in [-0.2, 0) is 11.3 Å². The predicted octanol–water partition coefficient (Wildman–Crippen LogP) is 4.64. The first kappa shape index (κ1) is 25.4. The minimum Gasteiger partial charge on any atom is -0.479 e. The van der Waals surface area contributed by atoms with Gasteiger partial charge in [0.25, 0.3) is 5.91 Å². The molecule has 4 N–H and O–H groups in total. The van der Waals surface area contributed by atoms with Crippen LogP contribution in [0.1, 0.15) is 16.1 Å². The number of carbonyl (C=O) groups is 2. The Balaban J connectivity index is 1.50. The normalized spacial score (nSPS) is 11.9. The molecule has 4 rings (SSSR count). The molecular formula is C26H22Cl2N4O4. The van der Waals surface area contributed by atoms with Gasteiger partial charge in [0, 0.05) is 17.1 Å². The van der Waals surface area contributed by atoms with E-state index in [-0.39, 0.29) is 18.8 Å². The third kappa shape index (κ3) is 6.30. The topological polar surface area (TPSA) is 119 Å². The molecule has 0 fully saturated rings. The van der Waals surface area contributed by atoms with E-state index < -0.39 is 18.0 Å². The summed E-state index contributed by atoms with van der Waals surface area (Å²) in [7, 11) is 0. The van der Waals surface area contributed by atoms with Gasteiger partial charge in [-0.3, -0.25) is 15.3 Å². The SMILES string of the molecule is O=C(NN(Cc1ccc(-c2cccc(Cl)c2)cc1)C[C@@H](O)C(=O)O)c1cc(-c2ccccc2Cl)n[nH]1. The average Bonchev–Trinajstić information content (AvgIpc) is 3.35. The second kappa shape index (κ2) is 11.4. The maximum absolute atomic E-state index is 12.9. The van der Waals surface area contributed by atoms with Crippen LogP contribution in [0.5, 0.6) is 0 Å². The van der Waals surface area contributed by atoms with E-state index in [1.807, 2.05) is 48.5 Å². The number of aromatic amines is 1. The summed E-state index contributed by atoms with van der Waals surface area (Å²) in [6.07, 6.45) is -1.70. The van der Waals surface area contributed by atoms with Crippen LogP contribution in [0.25, 0.3) is 22.4 Å². The maximum Gasteiger partial charge on any atom is 0.333 e. The molecule has 1 atom stereocenters. The second-order valence-corrected chi connectivity index (χ2v) is 8.87. The number of aliphatic hydroxyl groups excluding tert-OH is 1. The summed E-state index contributed by atoms with van der Waals surface area (Å²) in [6, 6.07) is 23.6. The lowest BCUT2D eigenvalue weighted by Crippen LogP contribution is -2.47. The van der Waals surface area contributed by atoms with E-state index >= 15 is 0 Å². The number of aliphatic hydroxyl groups is 1. The van der Waals surface area contributed by atoms with Crippen molar-refractivity contribution in [2.75, 3.05) is 6.54 Å². The summed E-state index contributed by atoms with van der Waals surface area (Å²) < 4.78 is 0. The molecule has 0 saturated carbocycles.